The molecule has 0 spiro atoms. The minimum absolute atomic E-state index is 0.649. The van der Waals surface area contributed by atoms with Crippen LogP contribution in [-0.4, -0.2) is 16.1 Å². The first kappa shape index (κ1) is 13.8. The highest BCUT2D eigenvalue weighted by atomic mass is 15.1. The molecule has 3 nitrogen and oxygen atoms in total. The summed E-state index contributed by atoms with van der Waals surface area (Å²) < 4.78 is 2.15. The molecule has 0 aliphatic heterocycles. The van der Waals surface area contributed by atoms with E-state index in [1.807, 2.05) is 6.92 Å². The number of rotatable bonds is 3. The lowest BCUT2D eigenvalue weighted by molar-refractivity contribution is 0.778. The van der Waals surface area contributed by atoms with Gasteiger partial charge in [0.1, 0.15) is 5.82 Å². The van der Waals surface area contributed by atoms with Gasteiger partial charge in [-0.15, -0.1) is 0 Å². The topological polar surface area (TPSA) is 43.8 Å². The molecule has 0 bridgehead atoms. The largest absolute Gasteiger partial charge is 0.335 e. The van der Waals surface area contributed by atoms with Gasteiger partial charge in [-0.05, 0) is 50.9 Å². The monoisotopic (exact) mass is 257 g/mol. The fourth-order valence-electron chi connectivity index (χ4n) is 2.51. The second-order valence-corrected chi connectivity index (χ2v) is 5.23. The standard InChI is InChI=1S/C16H23N3/c1-10-6-7-14(12(3)11(10)2)16-15(8-9-17)19(5)13(4)18-16/h6-7H,8-9,17H2,1-5H3. The molecule has 0 aliphatic carbocycles. The second-order valence-electron chi connectivity index (χ2n) is 5.23. The fourth-order valence-corrected chi connectivity index (χ4v) is 2.51. The van der Waals surface area contributed by atoms with Crippen LogP contribution < -0.4 is 5.73 Å². The maximum absolute atomic E-state index is 5.74. The van der Waals surface area contributed by atoms with Crippen LogP contribution in [0.2, 0.25) is 0 Å². The van der Waals surface area contributed by atoms with Gasteiger partial charge in [0.15, 0.2) is 0 Å². The van der Waals surface area contributed by atoms with Crippen molar-refractivity contribution in [2.75, 3.05) is 6.54 Å². The van der Waals surface area contributed by atoms with E-state index in [1.54, 1.807) is 0 Å². The Kier molecular flexibility index (Phi) is 3.76. The van der Waals surface area contributed by atoms with Crippen molar-refractivity contribution in [1.29, 1.82) is 0 Å². The van der Waals surface area contributed by atoms with Gasteiger partial charge in [-0.25, -0.2) is 4.98 Å². The van der Waals surface area contributed by atoms with Gasteiger partial charge in [0.05, 0.1) is 5.69 Å². The van der Waals surface area contributed by atoms with E-state index in [9.17, 15) is 0 Å². The molecule has 2 N–H and O–H groups in total. The van der Waals surface area contributed by atoms with E-state index in [-0.39, 0.29) is 0 Å². The molecule has 1 heterocycles. The predicted octanol–water partition coefficient (Wildman–Crippen LogP) is 2.82. The van der Waals surface area contributed by atoms with Crippen molar-refractivity contribution >= 4 is 0 Å². The van der Waals surface area contributed by atoms with E-state index >= 15 is 0 Å². The summed E-state index contributed by atoms with van der Waals surface area (Å²) in [4.78, 5) is 4.74. The Labute approximate surface area is 115 Å². The molecule has 1 aromatic heterocycles. The van der Waals surface area contributed by atoms with Gasteiger partial charge in [-0.2, -0.15) is 0 Å². The highest BCUT2D eigenvalue weighted by Crippen LogP contribution is 2.29. The molecule has 0 aliphatic rings. The molecule has 2 aromatic rings. The van der Waals surface area contributed by atoms with E-state index in [1.165, 1.54) is 27.9 Å². The fraction of sp³-hybridized carbons (Fsp3) is 0.438. The Morgan fingerprint density at radius 2 is 1.79 bits per heavy atom. The average molecular weight is 257 g/mol. The van der Waals surface area contributed by atoms with E-state index < -0.39 is 0 Å². The lowest BCUT2D eigenvalue weighted by Gasteiger charge is -2.11. The Balaban J connectivity index is 2.65. The molecular formula is C16H23N3. The van der Waals surface area contributed by atoms with Crippen LogP contribution in [0.4, 0.5) is 0 Å². The van der Waals surface area contributed by atoms with Gasteiger partial charge in [-0.1, -0.05) is 12.1 Å². The van der Waals surface area contributed by atoms with Crippen molar-refractivity contribution in [3.05, 3.63) is 40.3 Å². The molecule has 0 amide bonds. The number of hydrogen-bond acceptors (Lipinski definition) is 2. The van der Waals surface area contributed by atoms with Gasteiger partial charge in [-0.3, -0.25) is 0 Å². The SMILES string of the molecule is Cc1ccc(-c2nc(C)n(C)c2CCN)c(C)c1C. The second kappa shape index (κ2) is 5.17. The first-order valence-electron chi connectivity index (χ1n) is 6.76. The summed E-state index contributed by atoms with van der Waals surface area (Å²) in [5.41, 5.74) is 13.3. The Morgan fingerprint density at radius 1 is 1.11 bits per heavy atom. The number of benzene rings is 1. The lowest BCUT2D eigenvalue weighted by Crippen LogP contribution is -2.08. The maximum Gasteiger partial charge on any atom is 0.106 e. The number of aryl methyl sites for hydroxylation is 2. The zero-order valence-corrected chi connectivity index (χ0v) is 12.5. The molecule has 0 radical (unpaired) electrons. The quantitative estimate of drug-likeness (QED) is 0.919. The average Bonchev–Trinajstić information content (AvgIpc) is 2.65. The molecule has 0 atom stereocenters. The minimum Gasteiger partial charge on any atom is -0.335 e. The highest BCUT2D eigenvalue weighted by Gasteiger charge is 2.16. The summed E-state index contributed by atoms with van der Waals surface area (Å²) in [6.45, 7) is 9.19. The molecule has 1 aromatic carbocycles. The first-order valence-corrected chi connectivity index (χ1v) is 6.76. The van der Waals surface area contributed by atoms with Crippen molar-refractivity contribution in [3.8, 4) is 11.3 Å². The molecule has 0 unspecified atom stereocenters. The summed E-state index contributed by atoms with van der Waals surface area (Å²) in [5.74, 6) is 1.04. The Morgan fingerprint density at radius 3 is 2.42 bits per heavy atom. The van der Waals surface area contributed by atoms with Crippen molar-refractivity contribution in [1.82, 2.24) is 9.55 Å². The van der Waals surface area contributed by atoms with Crippen LogP contribution in [0.5, 0.6) is 0 Å². The molecule has 0 saturated heterocycles. The molecule has 19 heavy (non-hydrogen) atoms. The maximum atomic E-state index is 5.74. The number of imidazole rings is 1. The highest BCUT2D eigenvalue weighted by molar-refractivity contribution is 5.68. The van der Waals surface area contributed by atoms with E-state index in [2.05, 4.69) is 44.5 Å². The van der Waals surface area contributed by atoms with Gasteiger partial charge >= 0.3 is 0 Å². The smallest absolute Gasteiger partial charge is 0.106 e. The number of nitrogens with two attached hydrogens (primary N) is 1. The van der Waals surface area contributed by atoms with Gasteiger partial charge in [0, 0.05) is 24.7 Å². The van der Waals surface area contributed by atoms with Crippen molar-refractivity contribution in [2.24, 2.45) is 12.8 Å². The molecule has 3 heteroatoms. The van der Waals surface area contributed by atoms with Crippen LogP contribution in [-0.2, 0) is 13.5 Å². The molecule has 0 fully saturated rings. The summed E-state index contributed by atoms with van der Waals surface area (Å²) in [6.07, 6.45) is 0.860. The van der Waals surface area contributed by atoms with Crippen LogP contribution in [0.3, 0.4) is 0 Å². The minimum atomic E-state index is 0.649. The normalized spacial score (nSPS) is 11.1. The Hall–Kier alpha value is -1.61. The summed E-state index contributed by atoms with van der Waals surface area (Å²) in [5, 5.41) is 0. The number of hydrogen-bond donors (Lipinski definition) is 1. The van der Waals surface area contributed by atoms with Crippen LogP contribution >= 0.6 is 0 Å². The summed E-state index contributed by atoms with van der Waals surface area (Å²) in [7, 11) is 2.06. The zero-order valence-electron chi connectivity index (χ0n) is 12.5. The molecular weight excluding hydrogens is 234 g/mol. The van der Waals surface area contributed by atoms with Crippen LogP contribution in [0.25, 0.3) is 11.3 Å². The first-order chi connectivity index (χ1) is 8.97. The van der Waals surface area contributed by atoms with E-state index in [0.717, 1.165) is 17.9 Å². The summed E-state index contributed by atoms with van der Waals surface area (Å²) >= 11 is 0. The number of nitrogens with zero attached hydrogens (tertiary/aromatic N) is 2. The zero-order chi connectivity index (χ0) is 14.2. The molecule has 0 saturated carbocycles. The molecule has 102 valence electrons. The van der Waals surface area contributed by atoms with Gasteiger partial charge in [0.25, 0.3) is 0 Å². The predicted molar refractivity (Wildman–Crippen MR) is 80.4 cm³/mol. The lowest BCUT2D eigenvalue weighted by atomic mass is 9.96. The third-order valence-corrected chi connectivity index (χ3v) is 4.13. The third kappa shape index (κ3) is 2.30. The summed E-state index contributed by atoms with van der Waals surface area (Å²) in [6, 6.07) is 4.35. The van der Waals surface area contributed by atoms with Crippen LogP contribution in [0, 0.1) is 27.7 Å². The van der Waals surface area contributed by atoms with Crippen molar-refractivity contribution in [3.63, 3.8) is 0 Å². The van der Waals surface area contributed by atoms with E-state index in [0.29, 0.717) is 6.54 Å². The van der Waals surface area contributed by atoms with Gasteiger partial charge < -0.3 is 10.3 Å². The van der Waals surface area contributed by atoms with Gasteiger partial charge in [0.2, 0.25) is 0 Å². The number of aromatic nitrogens is 2. The molecule has 2 rings (SSSR count). The van der Waals surface area contributed by atoms with Crippen molar-refractivity contribution in [2.45, 2.75) is 34.1 Å². The third-order valence-electron chi connectivity index (χ3n) is 4.13. The van der Waals surface area contributed by atoms with Crippen LogP contribution in [0.15, 0.2) is 12.1 Å². The van der Waals surface area contributed by atoms with Crippen molar-refractivity contribution < 1.29 is 0 Å². The van der Waals surface area contributed by atoms with Crippen LogP contribution in [0.1, 0.15) is 28.2 Å². The van der Waals surface area contributed by atoms with E-state index in [4.69, 9.17) is 10.7 Å². The Bertz CT molecular complexity index is 609.